The van der Waals surface area contributed by atoms with Crippen molar-refractivity contribution in [3.8, 4) is 0 Å². The minimum absolute atomic E-state index is 0.0263. The van der Waals surface area contributed by atoms with Crippen molar-refractivity contribution in [2.24, 2.45) is 0 Å². The second kappa shape index (κ2) is 60.4. The summed E-state index contributed by atoms with van der Waals surface area (Å²) in [6.45, 7) is 4.28. The van der Waals surface area contributed by atoms with E-state index in [2.05, 4.69) is 79.9 Å². The Bertz CT molecular complexity index is 1140. The van der Waals surface area contributed by atoms with E-state index in [1.165, 1.54) is 244 Å². The van der Waals surface area contributed by atoms with Gasteiger partial charge in [0.1, 0.15) is 0 Å². The van der Waals surface area contributed by atoms with E-state index in [0.717, 1.165) is 57.8 Å². The van der Waals surface area contributed by atoms with E-state index >= 15 is 0 Å². The number of aliphatic hydroxyl groups excluding tert-OH is 2. The third kappa shape index (κ3) is 56.9. The summed E-state index contributed by atoms with van der Waals surface area (Å²) in [4.78, 5) is 12.5. The lowest BCUT2D eigenvalue weighted by Crippen LogP contribution is -2.45. The summed E-state index contributed by atoms with van der Waals surface area (Å²) >= 11 is 0. The lowest BCUT2D eigenvalue weighted by molar-refractivity contribution is -0.123. The molecule has 0 aliphatic carbocycles. The Kier molecular flexibility index (Phi) is 58.7. The van der Waals surface area contributed by atoms with Gasteiger partial charge in [0, 0.05) is 6.42 Å². The number of allylic oxidation sites excluding steroid dienone is 10. The third-order valence-corrected chi connectivity index (χ3v) is 14.3. The zero-order valence-electron chi connectivity index (χ0n) is 46.6. The average molecular weight is 965 g/mol. The van der Waals surface area contributed by atoms with Gasteiger partial charge < -0.3 is 15.5 Å². The Hall–Kier alpha value is -1.91. The summed E-state index contributed by atoms with van der Waals surface area (Å²) in [5.41, 5.74) is 0. The van der Waals surface area contributed by atoms with Gasteiger partial charge in [0.05, 0.1) is 18.8 Å². The molecular weight excluding hydrogens is 843 g/mol. The molecule has 2 atom stereocenters. The lowest BCUT2D eigenvalue weighted by Gasteiger charge is -2.22. The monoisotopic (exact) mass is 964 g/mol. The number of carbonyl (C=O) groups excluding carboxylic acids is 1. The molecule has 0 heterocycles. The molecule has 3 N–H and O–H groups in total. The van der Waals surface area contributed by atoms with Crippen LogP contribution in [0.15, 0.2) is 60.8 Å². The Morgan fingerprint density at radius 3 is 0.957 bits per heavy atom. The second-order valence-corrected chi connectivity index (χ2v) is 21.1. The SMILES string of the molecule is CC/C=C\C/C=C\C/C=C\C/C=C\C/C=C\CCCCCCCCCCCCCCCCCCCCCC(=O)NC(CO)C(O)CCCCCCCCCCCCCCCCCCCCCCCC. The number of aliphatic hydroxyl groups is 2. The van der Waals surface area contributed by atoms with Crippen molar-refractivity contribution in [3.05, 3.63) is 60.8 Å². The number of nitrogens with one attached hydrogen (secondary N) is 1. The van der Waals surface area contributed by atoms with Crippen LogP contribution in [0.3, 0.4) is 0 Å². The first-order valence-corrected chi connectivity index (χ1v) is 31.0. The van der Waals surface area contributed by atoms with Crippen molar-refractivity contribution in [1.82, 2.24) is 5.32 Å². The van der Waals surface area contributed by atoms with Crippen LogP contribution >= 0.6 is 0 Å². The van der Waals surface area contributed by atoms with Crippen LogP contribution in [0.5, 0.6) is 0 Å². The first-order valence-electron chi connectivity index (χ1n) is 31.0. The minimum atomic E-state index is -0.661. The highest BCUT2D eigenvalue weighted by Crippen LogP contribution is 2.18. The first kappa shape index (κ1) is 67.1. The van der Waals surface area contributed by atoms with Crippen LogP contribution in [0, 0.1) is 0 Å². The van der Waals surface area contributed by atoms with Crippen molar-refractivity contribution < 1.29 is 15.0 Å². The van der Waals surface area contributed by atoms with Crippen LogP contribution in [0.25, 0.3) is 0 Å². The van der Waals surface area contributed by atoms with Gasteiger partial charge >= 0.3 is 0 Å². The standard InChI is InChI=1S/C65H121NO3/c1-3-5-7-9-11-13-15-17-19-21-23-25-27-28-29-30-31-32-33-34-35-36-37-38-39-41-43-45-47-49-51-53-55-57-59-61-65(69)66-63(62-67)64(68)60-58-56-54-52-50-48-46-44-42-40-26-24-22-20-18-16-14-12-10-8-6-4-2/h5,7,11,13,17,19,23,25,28-29,63-64,67-68H,3-4,6,8-10,12,14-16,18,20-22,24,26-27,30-62H2,1-2H3,(H,66,69)/b7-5-,13-11-,19-17-,25-23-,29-28-. The van der Waals surface area contributed by atoms with E-state index in [4.69, 9.17) is 0 Å². The molecule has 0 aliphatic heterocycles. The number of carbonyl (C=O) groups is 1. The zero-order chi connectivity index (χ0) is 49.9. The molecule has 69 heavy (non-hydrogen) atoms. The molecule has 0 saturated heterocycles. The molecule has 2 unspecified atom stereocenters. The van der Waals surface area contributed by atoms with Crippen molar-refractivity contribution >= 4 is 5.91 Å². The van der Waals surface area contributed by atoms with E-state index in [1.54, 1.807) is 0 Å². The van der Waals surface area contributed by atoms with Gasteiger partial charge in [-0.2, -0.15) is 0 Å². The van der Waals surface area contributed by atoms with Crippen LogP contribution in [0.4, 0.5) is 0 Å². The number of amides is 1. The molecule has 0 fully saturated rings. The van der Waals surface area contributed by atoms with Gasteiger partial charge in [-0.05, 0) is 57.8 Å². The summed E-state index contributed by atoms with van der Waals surface area (Å²) in [5.74, 6) is -0.0263. The largest absolute Gasteiger partial charge is 0.394 e. The molecule has 0 bridgehead atoms. The summed E-state index contributed by atoms with van der Waals surface area (Å²) in [6, 6.07) is -0.537. The van der Waals surface area contributed by atoms with E-state index < -0.39 is 12.1 Å². The summed E-state index contributed by atoms with van der Waals surface area (Å²) in [6.07, 6.45) is 85.2. The fraction of sp³-hybridized carbons (Fsp3) is 0.831. The van der Waals surface area contributed by atoms with Crippen molar-refractivity contribution in [2.75, 3.05) is 6.61 Å². The fourth-order valence-corrected chi connectivity index (χ4v) is 9.63. The molecule has 0 aromatic carbocycles. The van der Waals surface area contributed by atoms with Gasteiger partial charge in [-0.1, -0.05) is 325 Å². The summed E-state index contributed by atoms with van der Waals surface area (Å²) in [7, 11) is 0. The Balaban J connectivity index is 3.43. The zero-order valence-corrected chi connectivity index (χ0v) is 46.6. The molecule has 0 aliphatic rings. The van der Waals surface area contributed by atoms with Crippen molar-refractivity contribution in [1.29, 1.82) is 0 Å². The highest BCUT2D eigenvalue weighted by atomic mass is 16.3. The van der Waals surface area contributed by atoms with Crippen LogP contribution in [0.2, 0.25) is 0 Å². The minimum Gasteiger partial charge on any atom is -0.394 e. The smallest absolute Gasteiger partial charge is 0.220 e. The molecule has 4 heteroatoms. The lowest BCUT2D eigenvalue weighted by atomic mass is 10.0. The van der Waals surface area contributed by atoms with E-state index in [0.29, 0.717) is 12.8 Å². The van der Waals surface area contributed by atoms with Gasteiger partial charge in [-0.3, -0.25) is 4.79 Å². The van der Waals surface area contributed by atoms with E-state index in [1.807, 2.05) is 0 Å². The van der Waals surface area contributed by atoms with Gasteiger partial charge in [0.15, 0.2) is 0 Å². The molecule has 0 saturated carbocycles. The van der Waals surface area contributed by atoms with Gasteiger partial charge in [-0.15, -0.1) is 0 Å². The van der Waals surface area contributed by atoms with Gasteiger partial charge in [0.2, 0.25) is 5.91 Å². The number of hydrogen-bond donors (Lipinski definition) is 3. The maximum atomic E-state index is 12.5. The fourth-order valence-electron chi connectivity index (χ4n) is 9.63. The third-order valence-electron chi connectivity index (χ3n) is 14.3. The molecule has 1 amide bonds. The Morgan fingerprint density at radius 2 is 0.638 bits per heavy atom. The Morgan fingerprint density at radius 1 is 0.362 bits per heavy atom. The van der Waals surface area contributed by atoms with Gasteiger partial charge in [-0.25, -0.2) is 0 Å². The maximum Gasteiger partial charge on any atom is 0.220 e. The van der Waals surface area contributed by atoms with E-state index in [-0.39, 0.29) is 12.5 Å². The first-order chi connectivity index (χ1) is 34.2. The topological polar surface area (TPSA) is 69.6 Å². The van der Waals surface area contributed by atoms with Crippen molar-refractivity contribution in [3.63, 3.8) is 0 Å². The normalized spacial score (nSPS) is 13.2. The predicted molar refractivity (Wildman–Crippen MR) is 308 cm³/mol. The molecule has 0 spiro atoms. The maximum absolute atomic E-state index is 12.5. The molecule has 404 valence electrons. The molecule has 0 aromatic heterocycles. The van der Waals surface area contributed by atoms with Crippen molar-refractivity contribution in [2.45, 2.75) is 341 Å². The number of rotatable bonds is 57. The van der Waals surface area contributed by atoms with Crippen LogP contribution in [-0.2, 0) is 4.79 Å². The quantitative estimate of drug-likeness (QED) is 0.0420. The average Bonchev–Trinajstić information content (AvgIpc) is 3.35. The highest BCUT2D eigenvalue weighted by molar-refractivity contribution is 5.76. The molecule has 0 radical (unpaired) electrons. The van der Waals surface area contributed by atoms with Crippen LogP contribution in [-0.4, -0.2) is 34.9 Å². The molecule has 4 nitrogen and oxygen atoms in total. The van der Waals surface area contributed by atoms with Crippen LogP contribution in [0.1, 0.15) is 328 Å². The van der Waals surface area contributed by atoms with E-state index in [9.17, 15) is 15.0 Å². The predicted octanol–water partition coefficient (Wildman–Crippen LogP) is 20.8. The number of unbranched alkanes of at least 4 members (excludes halogenated alkanes) is 40. The molecular formula is C65H121NO3. The van der Waals surface area contributed by atoms with Gasteiger partial charge in [0.25, 0.3) is 0 Å². The summed E-state index contributed by atoms with van der Waals surface area (Å²) < 4.78 is 0. The van der Waals surface area contributed by atoms with Crippen LogP contribution < -0.4 is 5.32 Å². The Labute approximate surface area is 432 Å². The second-order valence-electron chi connectivity index (χ2n) is 21.1. The molecule has 0 rings (SSSR count). The number of hydrogen-bond acceptors (Lipinski definition) is 3. The highest BCUT2D eigenvalue weighted by Gasteiger charge is 2.20. The summed E-state index contributed by atoms with van der Waals surface area (Å²) in [5, 5.41) is 23.4. The molecule has 0 aromatic rings.